The quantitative estimate of drug-likeness (QED) is 0.183. The molecule has 3 N–H and O–H groups in total. The number of ketones is 1. The Labute approximate surface area is 229 Å². The van der Waals surface area contributed by atoms with Gasteiger partial charge in [0.05, 0.1) is 25.6 Å². The van der Waals surface area contributed by atoms with Crippen LogP contribution in [0.5, 0.6) is 0 Å². The van der Waals surface area contributed by atoms with Crippen LogP contribution >= 0.6 is 11.6 Å². The summed E-state index contributed by atoms with van der Waals surface area (Å²) in [7, 11) is 1.14. The average molecular weight is 552 g/mol. The van der Waals surface area contributed by atoms with Gasteiger partial charge in [-0.05, 0) is 35.9 Å². The summed E-state index contributed by atoms with van der Waals surface area (Å²) >= 11 is 6.08. The molecule has 1 unspecified atom stereocenters. The van der Waals surface area contributed by atoms with Gasteiger partial charge in [-0.15, -0.1) is 0 Å². The van der Waals surface area contributed by atoms with E-state index in [0.717, 1.165) is 12.7 Å². The van der Waals surface area contributed by atoms with Gasteiger partial charge in [0.15, 0.2) is 5.78 Å². The molecule has 0 bridgehead atoms. The monoisotopic (exact) mass is 551 g/mol. The number of benzene rings is 3. The molecular formula is C28H26ClN3O7. The first kappa shape index (κ1) is 28.9. The lowest BCUT2D eigenvalue weighted by Crippen LogP contribution is -2.45. The molecule has 1 atom stereocenters. The fourth-order valence-electron chi connectivity index (χ4n) is 3.42. The van der Waals surface area contributed by atoms with Crippen molar-refractivity contribution in [3.8, 4) is 0 Å². The van der Waals surface area contributed by atoms with Gasteiger partial charge in [0.25, 0.3) is 0 Å². The van der Waals surface area contributed by atoms with Crippen LogP contribution in [0.1, 0.15) is 28.8 Å². The van der Waals surface area contributed by atoms with Crippen molar-refractivity contribution in [1.29, 1.82) is 0 Å². The number of carbonyl (C=O) groups is 5. The van der Waals surface area contributed by atoms with Crippen molar-refractivity contribution in [3.63, 3.8) is 0 Å². The van der Waals surface area contributed by atoms with Crippen LogP contribution in [0.2, 0.25) is 5.02 Å². The lowest BCUT2D eigenvalue weighted by Gasteiger charge is -2.19. The molecule has 3 aromatic carbocycles. The van der Waals surface area contributed by atoms with E-state index in [1.54, 1.807) is 54.6 Å². The smallest absolute Gasteiger partial charge is 0.408 e. The van der Waals surface area contributed by atoms with Gasteiger partial charge in [-0.25, -0.2) is 4.79 Å². The maximum Gasteiger partial charge on any atom is 0.408 e. The molecule has 0 aromatic heterocycles. The number of halogens is 1. The maximum absolute atomic E-state index is 13.1. The van der Waals surface area contributed by atoms with Gasteiger partial charge in [0.2, 0.25) is 11.8 Å². The van der Waals surface area contributed by atoms with Crippen molar-refractivity contribution in [2.45, 2.75) is 25.5 Å². The number of carbonyl (C=O) groups excluding carboxylic acids is 5. The van der Waals surface area contributed by atoms with Crippen molar-refractivity contribution >= 4 is 52.6 Å². The van der Waals surface area contributed by atoms with Crippen LogP contribution in [0.4, 0.5) is 16.2 Å². The summed E-state index contributed by atoms with van der Waals surface area (Å²) in [4.78, 5) is 62.7. The number of amides is 3. The Morgan fingerprint density at radius 2 is 1.54 bits per heavy atom. The van der Waals surface area contributed by atoms with Crippen molar-refractivity contribution in [3.05, 3.63) is 95.0 Å². The number of rotatable bonds is 11. The molecule has 0 aliphatic heterocycles. The number of Topliss-reactive ketones (excluding diaryl/α,β-unsaturated/α-hetero) is 1. The minimum Gasteiger partial charge on any atom is -0.469 e. The van der Waals surface area contributed by atoms with E-state index in [2.05, 4.69) is 20.7 Å². The second kappa shape index (κ2) is 14.3. The third-order valence-corrected chi connectivity index (χ3v) is 5.57. The highest BCUT2D eigenvalue weighted by Crippen LogP contribution is 2.23. The molecule has 39 heavy (non-hydrogen) atoms. The van der Waals surface area contributed by atoms with Crippen molar-refractivity contribution in [1.82, 2.24) is 5.32 Å². The Morgan fingerprint density at radius 1 is 0.872 bits per heavy atom. The zero-order chi connectivity index (χ0) is 28.2. The van der Waals surface area contributed by atoms with Gasteiger partial charge in [0.1, 0.15) is 12.6 Å². The number of methoxy groups -OCH3 is 1. The molecule has 0 radical (unpaired) electrons. The van der Waals surface area contributed by atoms with Gasteiger partial charge in [-0.2, -0.15) is 0 Å². The molecule has 11 heteroatoms. The van der Waals surface area contributed by atoms with Crippen LogP contribution < -0.4 is 16.0 Å². The minimum atomic E-state index is -1.40. The molecular weight excluding hydrogens is 526 g/mol. The summed E-state index contributed by atoms with van der Waals surface area (Å²) < 4.78 is 9.78. The van der Waals surface area contributed by atoms with Crippen molar-refractivity contribution in [2.24, 2.45) is 0 Å². The zero-order valence-electron chi connectivity index (χ0n) is 20.9. The van der Waals surface area contributed by atoms with E-state index in [1.807, 2.05) is 6.07 Å². The van der Waals surface area contributed by atoms with E-state index in [9.17, 15) is 24.0 Å². The topological polar surface area (TPSA) is 140 Å². The summed E-state index contributed by atoms with van der Waals surface area (Å²) in [5.41, 5.74) is 1.26. The third kappa shape index (κ3) is 9.28. The predicted molar refractivity (Wildman–Crippen MR) is 144 cm³/mol. The summed E-state index contributed by atoms with van der Waals surface area (Å²) in [6, 6.07) is 20.2. The van der Waals surface area contributed by atoms with Gasteiger partial charge in [0, 0.05) is 16.3 Å². The Hall–Kier alpha value is -4.70. The first-order valence-corrected chi connectivity index (χ1v) is 12.2. The van der Waals surface area contributed by atoms with E-state index < -0.39 is 48.5 Å². The van der Waals surface area contributed by atoms with Crippen LogP contribution in [-0.2, 0) is 30.5 Å². The molecule has 0 saturated carbocycles. The van der Waals surface area contributed by atoms with Gasteiger partial charge in [-0.3, -0.25) is 19.2 Å². The maximum atomic E-state index is 13.1. The average Bonchev–Trinajstić information content (AvgIpc) is 2.92. The van der Waals surface area contributed by atoms with Crippen LogP contribution in [0.3, 0.4) is 0 Å². The predicted octanol–water partition coefficient (Wildman–Crippen LogP) is 4.35. The highest BCUT2D eigenvalue weighted by Gasteiger charge is 2.27. The van der Waals surface area contributed by atoms with E-state index in [4.69, 9.17) is 16.3 Å². The van der Waals surface area contributed by atoms with E-state index in [0.29, 0.717) is 5.69 Å². The molecule has 0 aliphatic carbocycles. The van der Waals surface area contributed by atoms with Crippen LogP contribution in [-0.4, -0.2) is 42.8 Å². The number of hydrogen-bond donors (Lipinski definition) is 3. The molecule has 3 amide bonds. The van der Waals surface area contributed by atoms with E-state index in [1.165, 1.54) is 18.2 Å². The van der Waals surface area contributed by atoms with E-state index >= 15 is 0 Å². The number of anilines is 2. The fourth-order valence-corrected chi connectivity index (χ4v) is 3.59. The van der Waals surface area contributed by atoms with Gasteiger partial charge >= 0.3 is 12.1 Å². The second-order valence-electron chi connectivity index (χ2n) is 8.23. The molecule has 0 heterocycles. The second-order valence-corrected chi connectivity index (χ2v) is 8.67. The normalized spacial score (nSPS) is 11.0. The third-order valence-electron chi connectivity index (χ3n) is 5.34. The van der Waals surface area contributed by atoms with Crippen LogP contribution in [0.25, 0.3) is 0 Å². The molecule has 202 valence electrons. The lowest BCUT2D eigenvalue weighted by molar-refractivity contribution is -0.142. The largest absolute Gasteiger partial charge is 0.469 e. The molecule has 0 saturated heterocycles. The number of nitrogens with one attached hydrogen (secondary N) is 3. The fraction of sp³-hybridized carbons (Fsp3) is 0.179. The SMILES string of the molecule is COC(=O)CC(NC(=O)OCc1ccccc1)C(=O)Nc1cc(Cl)ccc1C(=O)CC(=O)Nc1ccccc1. The Morgan fingerprint density at radius 3 is 2.21 bits per heavy atom. The summed E-state index contributed by atoms with van der Waals surface area (Å²) in [5, 5.41) is 7.67. The van der Waals surface area contributed by atoms with Crippen LogP contribution in [0, 0.1) is 0 Å². The standard InChI is InChI=1S/C28H26ClN3O7/c1-38-26(35)15-23(32-28(37)39-17-18-8-4-2-5-9-18)27(36)31-22-14-19(29)12-13-21(22)24(33)16-25(34)30-20-10-6-3-7-11-20/h2-14,23H,15-17H2,1H3,(H,30,34)(H,31,36)(H,32,37). The highest BCUT2D eigenvalue weighted by atomic mass is 35.5. The minimum absolute atomic E-state index is 0.000621. The Bertz CT molecular complexity index is 1330. The highest BCUT2D eigenvalue weighted by molar-refractivity contribution is 6.31. The Kier molecular flexibility index (Phi) is 10.6. The number of ether oxygens (including phenoxy) is 2. The number of para-hydroxylation sites is 1. The summed E-state index contributed by atoms with van der Waals surface area (Å²) in [6.45, 7) is -0.0583. The molecule has 0 aliphatic rings. The number of alkyl carbamates (subject to hydrolysis) is 1. The molecule has 3 aromatic rings. The van der Waals surface area contributed by atoms with Crippen LogP contribution in [0.15, 0.2) is 78.9 Å². The molecule has 0 spiro atoms. The molecule has 10 nitrogen and oxygen atoms in total. The number of esters is 1. The van der Waals surface area contributed by atoms with Crippen molar-refractivity contribution < 1.29 is 33.4 Å². The summed E-state index contributed by atoms with van der Waals surface area (Å²) in [6.07, 6.45) is -1.95. The first-order valence-electron chi connectivity index (χ1n) is 11.8. The van der Waals surface area contributed by atoms with Crippen molar-refractivity contribution in [2.75, 3.05) is 17.7 Å². The lowest BCUT2D eigenvalue weighted by atomic mass is 10.0. The van der Waals surface area contributed by atoms with E-state index in [-0.39, 0.29) is 22.9 Å². The Balaban J connectivity index is 1.70. The summed E-state index contributed by atoms with van der Waals surface area (Å²) in [5.74, 6) is -2.74. The zero-order valence-corrected chi connectivity index (χ0v) is 21.7. The first-order chi connectivity index (χ1) is 18.7. The number of hydrogen-bond acceptors (Lipinski definition) is 7. The van der Waals surface area contributed by atoms with Gasteiger partial charge in [-0.1, -0.05) is 60.1 Å². The molecule has 3 rings (SSSR count). The molecule has 0 fully saturated rings. The van der Waals surface area contributed by atoms with Gasteiger partial charge < -0.3 is 25.4 Å².